The molecule has 1 aromatic carbocycles. The Labute approximate surface area is 87.0 Å². The van der Waals surface area contributed by atoms with Gasteiger partial charge in [-0.3, -0.25) is 0 Å². The normalized spacial score (nSPS) is 10.5. The maximum atomic E-state index is 11.3. The smallest absolute Gasteiger partial charge is 0.337 e. The lowest BCUT2D eigenvalue weighted by Crippen LogP contribution is -2.02. The molecule has 0 bridgehead atoms. The number of carbonyl (C=O) groups is 1. The largest absolute Gasteiger partial charge is 0.465 e. The van der Waals surface area contributed by atoms with Gasteiger partial charge in [-0.15, -0.1) is 0 Å². The van der Waals surface area contributed by atoms with Gasteiger partial charge in [0.1, 0.15) is 0 Å². The van der Waals surface area contributed by atoms with Crippen LogP contribution in [0.25, 0.3) is 10.9 Å². The Morgan fingerprint density at radius 2 is 2.13 bits per heavy atom. The summed E-state index contributed by atoms with van der Waals surface area (Å²) in [5.41, 5.74) is 8.75. The van der Waals surface area contributed by atoms with E-state index >= 15 is 0 Å². The van der Waals surface area contributed by atoms with Crippen molar-refractivity contribution in [3.8, 4) is 0 Å². The number of hydrogen-bond acceptors (Lipinski definition) is 3. The molecule has 4 nitrogen and oxygen atoms in total. The number of nitrogen functional groups attached to an aromatic ring is 1. The van der Waals surface area contributed by atoms with Crippen molar-refractivity contribution in [1.82, 2.24) is 4.98 Å². The summed E-state index contributed by atoms with van der Waals surface area (Å²) in [6.45, 7) is 1.94. The number of methoxy groups -OCH3 is 1. The molecule has 0 aliphatic rings. The van der Waals surface area contributed by atoms with Crippen molar-refractivity contribution in [3.63, 3.8) is 0 Å². The molecule has 1 heterocycles. The fourth-order valence-corrected chi connectivity index (χ4v) is 1.64. The number of anilines is 1. The molecule has 0 amide bonds. The minimum absolute atomic E-state index is 0.379. The minimum Gasteiger partial charge on any atom is -0.465 e. The van der Waals surface area contributed by atoms with Gasteiger partial charge in [0.25, 0.3) is 0 Å². The molecule has 2 rings (SSSR count). The van der Waals surface area contributed by atoms with Crippen molar-refractivity contribution in [2.24, 2.45) is 0 Å². The summed E-state index contributed by atoms with van der Waals surface area (Å²) in [7, 11) is 1.35. The molecule has 1 aromatic heterocycles. The number of rotatable bonds is 1. The summed E-state index contributed by atoms with van der Waals surface area (Å²) in [4.78, 5) is 14.5. The third kappa shape index (κ3) is 1.54. The minimum atomic E-state index is -0.379. The number of H-pyrrole nitrogens is 1. The van der Waals surface area contributed by atoms with E-state index in [0.717, 1.165) is 16.6 Å². The monoisotopic (exact) mass is 204 g/mol. The van der Waals surface area contributed by atoms with Crippen molar-refractivity contribution >= 4 is 22.6 Å². The highest BCUT2D eigenvalue weighted by atomic mass is 16.5. The maximum Gasteiger partial charge on any atom is 0.337 e. The Kier molecular flexibility index (Phi) is 2.11. The topological polar surface area (TPSA) is 68.1 Å². The van der Waals surface area contributed by atoms with Crippen molar-refractivity contribution in [2.45, 2.75) is 6.92 Å². The summed E-state index contributed by atoms with van der Waals surface area (Å²) in [5.74, 6) is -0.379. The molecule has 0 unspecified atom stereocenters. The van der Waals surface area contributed by atoms with E-state index in [9.17, 15) is 4.79 Å². The van der Waals surface area contributed by atoms with Crippen molar-refractivity contribution in [3.05, 3.63) is 29.5 Å². The number of benzene rings is 1. The van der Waals surface area contributed by atoms with Gasteiger partial charge in [0.05, 0.1) is 12.7 Å². The van der Waals surface area contributed by atoms with E-state index < -0.39 is 0 Å². The van der Waals surface area contributed by atoms with E-state index in [0.29, 0.717) is 11.3 Å². The number of esters is 1. The molecule has 0 fully saturated rings. The van der Waals surface area contributed by atoms with Crippen molar-refractivity contribution < 1.29 is 9.53 Å². The number of aromatic amines is 1. The zero-order chi connectivity index (χ0) is 11.0. The Balaban J connectivity index is 2.66. The molecular formula is C11H12N2O2. The van der Waals surface area contributed by atoms with Crippen LogP contribution < -0.4 is 5.73 Å². The first-order valence-corrected chi connectivity index (χ1v) is 4.59. The summed E-state index contributed by atoms with van der Waals surface area (Å²) in [6, 6.07) is 5.32. The van der Waals surface area contributed by atoms with Crippen LogP contribution in [0.3, 0.4) is 0 Å². The molecule has 2 aromatic rings. The van der Waals surface area contributed by atoms with E-state index in [1.807, 2.05) is 13.0 Å². The van der Waals surface area contributed by atoms with E-state index in [4.69, 9.17) is 5.73 Å². The average molecular weight is 204 g/mol. The van der Waals surface area contributed by atoms with E-state index in [2.05, 4.69) is 9.72 Å². The van der Waals surface area contributed by atoms with Crippen LogP contribution in [0.2, 0.25) is 0 Å². The second kappa shape index (κ2) is 3.31. The van der Waals surface area contributed by atoms with Crippen molar-refractivity contribution in [2.75, 3.05) is 12.8 Å². The van der Waals surface area contributed by atoms with Gasteiger partial charge in [0.2, 0.25) is 0 Å². The summed E-state index contributed by atoms with van der Waals surface area (Å²) in [5, 5.41) is 0.931. The van der Waals surface area contributed by atoms with Crippen LogP contribution in [-0.2, 0) is 4.74 Å². The van der Waals surface area contributed by atoms with Crippen molar-refractivity contribution in [1.29, 1.82) is 0 Å². The molecule has 0 saturated heterocycles. The molecule has 0 atom stereocenters. The quantitative estimate of drug-likeness (QED) is 0.550. The lowest BCUT2D eigenvalue weighted by Gasteiger charge is -2.01. The molecule has 3 N–H and O–H groups in total. The number of aromatic nitrogens is 1. The first-order chi connectivity index (χ1) is 7.11. The fourth-order valence-electron chi connectivity index (χ4n) is 1.64. The number of nitrogens with two attached hydrogens (primary N) is 1. The third-order valence-electron chi connectivity index (χ3n) is 2.33. The van der Waals surface area contributed by atoms with Gasteiger partial charge in [0, 0.05) is 22.3 Å². The molecular weight excluding hydrogens is 192 g/mol. The van der Waals surface area contributed by atoms with E-state index in [-0.39, 0.29) is 5.97 Å². The highest BCUT2D eigenvalue weighted by molar-refractivity contribution is 6.00. The first kappa shape index (κ1) is 9.58. The van der Waals surface area contributed by atoms with Crippen LogP contribution in [0.4, 0.5) is 5.69 Å². The Hall–Kier alpha value is -1.97. The molecule has 78 valence electrons. The second-order valence-corrected chi connectivity index (χ2v) is 3.47. The Bertz CT molecular complexity index is 529. The number of hydrogen-bond donors (Lipinski definition) is 2. The number of aryl methyl sites for hydroxylation is 1. The lowest BCUT2D eigenvalue weighted by atomic mass is 10.1. The number of fused-ring (bicyclic) bond motifs is 1. The molecule has 15 heavy (non-hydrogen) atoms. The number of nitrogens with one attached hydrogen (secondary N) is 1. The fraction of sp³-hybridized carbons (Fsp3) is 0.182. The van der Waals surface area contributed by atoms with Crippen LogP contribution in [0.5, 0.6) is 0 Å². The Morgan fingerprint density at radius 1 is 1.40 bits per heavy atom. The highest BCUT2D eigenvalue weighted by Crippen LogP contribution is 2.24. The second-order valence-electron chi connectivity index (χ2n) is 3.47. The number of carbonyl (C=O) groups excluding carboxylic acids is 1. The summed E-state index contributed by atoms with van der Waals surface area (Å²) >= 11 is 0. The van der Waals surface area contributed by atoms with Gasteiger partial charge in [-0.05, 0) is 25.1 Å². The van der Waals surface area contributed by atoms with Crippen LogP contribution >= 0.6 is 0 Å². The number of ether oxygens (including phenoxy) is 1. The van der Waals surface area contributed by atoms with Gasteiger partial charge in [-0.25, -0.2) is 4.79 Å². The van der Waals surface area contributed by atoms with Crippen LogP contribution in [0.1, 0.15) is 16.1 Å². The van der Waals surface area contributed by atoms with Gasteiger partial charge in [-0.2, -0.15) is 0 Å². The zero-order valence-corrected chi connectivity index (χ0v) is 8.63. The van der Waals surface area contributed by atoms with Crippen LogP contribution in [0, 0.1) is 6.92 Å². The molecule has 0 aliphatic carbocycles. The average Bonchev–Trinajstić information content (AvgIpc) is 2.58. The van der Waals surface area contributed by atoms with Gasteiger partial charge < -0.3 is 15.5 Å². The zero-order valence-electron chi connectivity index (χ0n) is 8.63. The molecule has 0 radical (unpaired) electrons. The molecule has 4 heteroatoms. The summed E-state index contributed by atoms with van der Waals surface area (Å²) < 4.78 is 4.64. The predicted molar refractivity (Wildman–Crippen MR) is 58.8 cm³/mol. The lowest BCUT2D eigenvalue weighted by molar-refractivity contribution is 0.0601. The van der Waals surface area contributed by atoms with Crippen LogP contribution in [0.15, 0.2) is 18.2 Å². The predicted octanol–water partition coefficient (Wildman–Crippen LogP) is 1.85. The molecule has 0 saturated carbocycles. The van der Waals surface area contributed by atoms with Gasteiger partial charge in [0.15, 0.2) is 0 Å². The molecule has 0 spiro atoms. The third-order valence-corrected chi connectivity index (χ3v) is 2.33. The standard InChI is InChI=1S/C11H12N2O2/c1-6-3-8-9(12)4-7(11(14)15-2)5-10(8)13-6/h3-5,13H,12H2,1-2H3. The van der Waals surface area contributed by atoms with E-state index in [1.54, 1.807) is 12.1 Å². The van der Waals surface area contributed by atoms with E-state index in [1.165, 1.54) is 7.11 Å². The molecule has 0 aliphatic heterocycles. The van der Waals surface area contributed by atoms with Crippen LogP contribution in [-0.4, -0.2) is 18.1 Å². The summed E-state index contributed by atoms with van der Waals surface area (Å²) in [6.07, 6.45) is 0. The highest BCUT2D eigenvalue weighted by Gasteiger charge is 2.10. The maximum absolute atomic E-state index is 11.3. The van der Waals surface area contributed by atoms with Gasteiger partial charge >= 0.3 is 5.97 Å². The SMILES string of the molecule is COC(=O)c1cc(N)c2cc(C)[nH]c2c1. The van der Waals surface area contributed by atoms with Gasteiger partial charge in [-0.1, -0.05) is 0 Å². The Morgan fingerprint density at radius 3 is 2.80 bits per heavy atom. The first-order valence-electron chi connectivity index (χ1n) is 4.59.